The zero-order valence-electron chi connectivity index (χ0n) is 31.0. The second-order valence-corrected chi connectivity index (χ2v) is 22.0. The third-order valence-corrected chi connectivity index (χ3v) is 14.4. The molecule has 0 aromatic heterocycles. The Morgan fingerprint density at radius 2 is 1.49 bits per heavy atom. The molecule has 1 atom stereocenters. The molecule has 4 rings (SSSR count). The molecule has 0 bridgehead atoms. The van der Waals surface area contributed by atoms with Crippen molar-refractivity contribution in [1.82, 2.24) is 10.6 Å². The van der Waals surface area contributed by atoms with Crippen molar-refractivity contribution in [2.75, 3.05) is 17.5 Å². The predicted octanol–water partition coefficient (Wildman–Crippen LogP) is 7.67. The molecule has 0 unspecified atom stereocenters. The molecule has 0 saturated heterocycles. The maximum Gasteiger partial charge on any atom is 0.229 e. The molecule has 0 aliphatic rings. The van der Waals surface area contributed by atoms with Gasteiger partial charge < -0.3 is 25.3 Å². The van der Waals surface area contributed by atoms with E-state index in [4.69, 9.17) is 4.43 Å². The molecule has 4 aromatic rings. The van der Waals surface area contributed by atoms with E-state index < -0.39 is 24.4 Å². The van der Waals surface area contributed by atoms with E-state index in [-0.39, 0.29) is 40.1 Å². The van der Waals surface area contributed by atoms with Crippen molar-refractivity contribution in [2.24, 2.45) is 0 Å². The molecule has 1 amide bonds. The van der Waals surface area contributed by atoms with Crippen molar-refractivity contribution >= 4 is 29.9 Å². The van der Waals surface area contributed by atoms with E-state index in [9.17, 15) is 23.4 Å². The molecule has 0 aliphatic heterocycles. The van der Waals surface area contributed by atoms with Crippen LogP contribution < -0.4 is 15.4 Å². The smallest absolute Gasteiger partial charge is 0.229 e. The maximum absolute atomic E-state index is 12.9. The summed E-state index contributed by atoms with van der Waals surface area (Å²) in [5.74, 6) is 0.00352. The molecule has 5 N–H and O–H groups in total. The first-order valence-corrected chi connectivity index (χ1v) is 22.0. The molecule has 4 aromatic carbocycles. The van der Waals surface area contributed by atoms with Crippen LogP contribution >= 0.6 is 0 Å². The normalized spacial score (nSPS) is 13.1. The van der Waals surface area contributed by atoms with Crippen molar-refractivity contribution in [2.45, 2.75) is 83.8 Å². The fraction of sp³-hybridized carbons (Fsp3) is 0.375. The van der Waals surface area contributed by atoms with Gasteiger partial charge in [0.1, 0.15) is 11.5 Å². The average molecular weight is 732 g/mol. The minimum absolute atomic E-state index is 0.0594. The SMILES string of the molecule is CC(C)(Cc1cccc(CC(=O)NCc2ccc(-c3ccccc3O)cc2)c1)NC[C@H](O[Si](C)(C)C(C)(C)C)c1ccc(O)c(NS(C)(=O)=O)c1. The molecule has 0 fully saturated rings. The van der Waals surface area contributed by atoms with Gasteiger partial charge in [-0.15, -0.1) is 0 Å². The van der Waals surface area contributed by atoms with Crippen molar-refractivity contribution in [3.05, 3.63) is 113 Å². The van der Waals surface area contributed by atoms with Crippen molar-refractivity contribution in [1.29, 1.82) is 0 Å². The Hall–Kier alpha value is -4.16. The Labute approximate surface area is 304 Å². The van der Waals surface area contributed by atoms with Gasteiger partial charge in [0.05, 0.1) is 24.5 Å². The van der Waals surface area contributed by atoms with Crippen LogP contribution in [-0.4, -0.2) is 51.2 Å². The number of rotatable bonds is 15. The van der Waals surface area contributed by atoms with Gasteiger partial charge in [0.25, 0.3) is 0 Å². The van der Waals surface area contributed by atoms with Gasteiger partial charge in [0.15, 0.2) is 8.32 Å². The Balaban J connectivity index is 1.40. The van der Waals surface area contributed by atoms with Crippen LogP contribution in [0.2, 0.25) is 18.1 Å². The minimum atomic E-state index is -3.60. The second-order valence-electron chi connectivity index (χ2n) is 15.4. The third kappa shape index (κ3) is 11.7. The van der Waals surface area contributed by atoms with E-state index in [1.807, 2.05) is 48.5 Å². The Kier molecular flexibility index (Phi) is 12.4. The molecule has 0 radical (unpaired) electrons. The molecule has 0 saturated carbocycles. The number of para-hydroxylation sites is 1. The lowest BCUT2D eigenvalue weighted by Crippen LogP contribution is -2.47. The van der Waals surface area contributed by atoms with E-state index in [2.05, 4.69) is 75.2 Å². The molecule has 0 heterocycles. The first-order chi connectivity index (χ1) is 23.7. The fourth-order valence-electron chi connectivity index (χ4n) is 5.56. The average Bonchev–Trinajstić information content (AvgIpc) is 3.02. The zero-order valence-corrected chi connectivity index (χ0v) is 32.8. The standard InChI is InChI=1S/C40H53N3O6SSi/c1-39(2,3)51(7,8)49-37(32-20-21-36(45)34(24-32)43-50(6,47)48)27-42-40(4,5)25-30-13-11-12-29(22-30)23-38(46)41-26-28-16-18-31(19-17-28)33-14-9-10-15-35(33)44/h9-22,24,37,42-45H,23,25-27H2,1-8H3,(H,41,46)/t37-/m0/s1. The Morgan fingerprint density at radius 1 is 0.824 bits per heavy atom. The lowest BCUT2D eigenvalue weighted by Gasteiger charge is -2.40. The molecular formula is C40H53N3O6SSi. The number of benzene rings is 4. The van der Waals surface area contributed by atoms with Crippen LogP contribution in [0.1, 0.15) is 63.0 Å². The highest BCUT2D eigenvalue weighted by molar-refractivity contribution is 7.92. The van der Waals surface area contributed by atoms with Gasteiger partial charge in [-0.25, -0.2) is 8.42 Å². The van der Waals surface area contributed by atoms with Gasteiger partial charge in [-0.3, -0.25) is 9.52 Å². The van der Waals surface area contributed by atoms with Gasteiger partial charge in [-0.2, -0.15) is 0 Å². The van der Waals surface area contributed by atoms with E-state index >= 15 is 0 Å². The van der Waals surface area contributed by atoms with E-state index in [0.717, 1.165) is 39.6 Å². The lowest BCUT2D eigenvalue weighted by molar-refractivity contribution is -0.120. The highest BCUT2D eigenvalue weighted by Gasteiger charge is 2.40. The molecular weight excluding hydrogens is 679 g/mol. The van der Waals surface area contributed by atoms with Crippen molar-refractivity contribution in [3.63, 3.8) is 0 Å². The van der Waals surface area contributed by atoms with Crippen LogP contribution in [0.15, 0.2) is 91.0 Å². The van der Waals surface area contributed by atoms with Gasteiger partial charge in [-0.1, -0.05) is 93.6 Å². The summed E-state index contributed by atoms with van der Waals surface area (Å²) < 4.78 is 33.2. The highest BCUT2D eigenvalue weighted by Crippen LogP contribution is 2.40. The number of anilines is 1. The van der Waals surface area contributed by atoms with Crippen LogP contribution in [0, 0.1) is 0 Å². The first-order valence-electron chi connectivity index (χ1n) is 17.2. The summed E-state index contributed by atoms with van der Waals surface area (Å²) in [5, 5.41) is 27.2. The Bertz CT molecular complexity index is 1920. The summed E-state index contributed by atoms with van der Waals surface area (Å²) in [7, 11) is -5.86. The van der Waals surface area contributed by atoms with Gasteiger partial charge in [-0.05, 0) is 84.4 Å². The van der Waals surface area contributed by atoms with Gasteiger partial charge in [0.2, 0.25) is 15.9 Å². The van der Waals surface area contributed by atoms with Gasteiger partial charge >= 0.3 is 0 Å². The van der Waals surface area contributed by atoms with Crippen molar-refractivity contribution < 1.29 is 27.9 Å². The number of carbonyl (C=O) groups excluding carboxylic acids is 1. The van der Waals surface area contributed by atoms with Crippen LogP contribution in [0.5, 0.6) is 11.5 Å². The number of carbonyl (C=O) groups is 1. The summed E-state index contributed by atoms with van der Waals surface area (Å²) in [4.78, 5) is 12.9. The summed E-state index contributed by atoms with van der Waals surface area (Å²) in [5.41, 5.74) is 5.16. The number of amides is 1. The fourth-order valence-corrected chi connectivity index (χ4v) is 7.40. The topological polar surface area (TPSA) is 137 Å². The first kappa shape index (κ1) is 39.6. The predicted molar refractivity (Wildman–Crippen MR) is 209 cm³/mol. The van der Waals surface area contributed by atoms with E-state index in [1.54, 1.807) is 24.3 Å². The van der Waals surface area contributed by atoms with Crippen LogP contribution in [-0.2, 0) is 38.6 Å². The summed E-state index contributed by atoms with van der Waals surface area (Å²) >= 11 is 0. The molecule has 0 spiro atoms. The molecule has 274 valence electrons. The lowest BCUT2D eigenvalue weighted by atomic mass is 9.93. The number of nitrogens with one attached hydrogen (secondary N) is 3. The number of sulfonamides is 1. The largest absolute Gasteiger partial charge is 0.507 e. The van der Waals surface area contributed by atoms with Crippen LogP contribution in [0.4, 0.5) is 5.69 Å². The number of phenolic OH excluding ortho intramolecular Hbond substituents is 2. The van der Waals surface area contributed by atoms with Crippen molar-refractivity contribution in [3.8, 4) is 22.6 Å². The summed E-state index contributed by atoms with van der Waals surface area (Å²) in [6.45, 7) is 16.0. The summed E-state index contributed by atoms with van der Waals surface area (Å²) in [6, 6.07) is 28.0. The van der Waals surface area contributed by atoms with Gasteiger partial charge in [0, 0.05) is 24.2 Å². The number of hydrogen-bond acceptors (Lipinski definition) is 7. The summed E-state index contributed by atoms with van der Waals surface area (Å²) in [6.07, 6.45) is 1.59. The quantitative estimate of drug-likeness (QED) is 0.0625. The second kappa shape index (κ2) is 16.0. The maximum atomic E-state index is 12.9. The molecule has 0 aliphatic carbocycles. The third-order valence-electron chi connectivity index (χ3n) is 9.36. The number of phenols is 2. The Morgan fingerprint density at radius 3 is 2.14 bits per heavy atom. The zero-order chi connectivity index (χ0) is 37.6. The molecule has 51 heavy (non-hydrogen) atoms. The minimum Gasteiger partial charge on any atom is -0.507 e. The molecule has 9 nitrogen and oxygen atoms in total. The molecule has 11 heteroatoms. The van der Waals surface area contributed by atoms with Crippen LogP contribution in [0.3, 0.4) is 0 Å². The van der Waals surface area contributed by atoms with E-state index in [1.165, 1.54) is 6.07 Å². The number of aromatic hydroxyl groups is 2. The monoisotopic (exact) mass is 731 g/mol. The highest BCUT2D eigenvalue weighted by atomic mass is 32.2. The van der Waals surface area contributed by atoms with Crippen LogP contribution in [0.25, 0.3) is 11.1 Å². The number of hydrogen-bond donors (Lipinski definition) is 5. The van der Waals surface area contributed by atoms with E-state index in [0.29, 0.717) is 19.5 Å².